The van der Waals surface area contributed by atoms with E-state index in [1.165, 1.54) is 38.3 Å². The van der Waals surface area contributed by atoms with Crippen LogP contribution < -0.4 is 20.7 Å². The standard InChI is InChI=1S/C26H27F3N2O6/c1-5-17-7-8-18(21(13-17)37-16(3)24(33)35-4)15-36-20-11-9-19(10-12-20)31-23(32)14-22(26(27,28)29)30(6-2)25(31)34/h7-14,16H,5-6,15H2,1-4H3/t16-/m1/s1. The molecule has 0 saturated heterocycles. The van der Waals surface area contributed by atoms with Crippen molar-refractivity contribution < 1.29 is 32.2 Å². The highest BCUT2D eigenvalue weighted by atomic mass is 19.4. The van der Waals surface area contributed by atoms with Crippen LogP contribution in [0.15, 0.2) is 58.1 Å². The summed E-state index contributed by atoms with van der Waals surface area (Å²) in [6.45, 7) is 4.76. The van der Waals surface area contributed by atoms with Crippen molar-refractivity contribution in [2.75, 3.05) is 7.11 Å². The Morgan fingerprint density at radius 1 is 1.03 bits per heavy atom. The number of rotatable bonds is 9. The smallest absolute Gasteiger partial charge is 0.431 e. The van der Waals surface area contributed by atoms with E-state index in [2.05, 4.69) is 0 Å². The van der Waals surface area contributed by atoms with Crippen LogP contribution >= 0.6 is 0 Å². The molecule has 3 aromatic rings. The quantitative estimate of drug-likeness (QED) is 0.395. The molecule has 1 heterocycles. The summed E-state index contributed by atoms with van der Waals surface area (Å²) >= 11 is 0. The molecule has 11 heteroatoms. The van der Waals surface area contributed by atoms with Crippen LogP contribution in [0.1, 0.15) is 37.6 Å². The van der Waals surface area contributed by atoms with Crippen LogP contribution in [0, 0.1) is 0 Å². The summed E-state index contributed by atoms with van der Waals surface area (Å²) in [6, 6.07) is 11.8. The molecule has 0 bridgehead atoms. The van der Waals surface area contributed by atoms with Gasteiger partial charge in [0, 0.05) is 18.2 Å². The van der Waals surface area contributed by atoms with E-state index in [1.807, 2.05) is 25.1 Å². The molecule has 0 aliphatic heterocycles. The first-order valence-corrected chi connectivity index (χ1v) is 11.5. The molecule has 37 heavy (non-hydrogen) atoms. The zero-order chi connectivity index (χ0) is 27.3. The summed E-state index contributed by atoms with van der Waals surface area (Å²) < 4.78 is 57.2. The maximum absolute atomic E-state index is 13.2. The molecule has 198 valence electrons. The number of carbonyl (C=O) groups excluding carboxylic acids is 1. The molecule has 0 spiro atoms. The van der Waals surface area contributed by atoms with Gasteiger partial charge in [-0.2, -0.15) is 13.2 Å². The highest BCUT2D eigenvalue weighted by Gasteiger charge is 2.35. The second-order valence-electron chi connectivity index (χ2n) is 8.09. The van der Waals surface area contributed by atoms with Crippen molar-refractivity contribution in [3.8, 4) is 17.2 Å². The minimum Gasteiger partial charge on any atom is -0.489 e. The number of nitrogens with zero attached hydrogens (tertiary/aromatic N) is 2. The molecule has 2 aromatic carbocycles. The predicted octanol–water partition coefficient (Wildman–Crippen LogP) is 4.12. The van der Waals surface area contributed by atoms with E-state index in [9.17, 15) is 27.6 Å². The second kappa shape index (κ2) is 11.4. The summed E-state index contributed by atoms with van der Waals surface area (Å²) in [5.41, 5.74) is -1.71. The van der Waals surface area contributed by atoms with Gasteiger partial charge >= 0.3 is 17.8 Å². The lowest BCUT2D eigenvalue weighted by Crippen LogP contribution is -2.41. The van der Waals surface area contributed by atoms with Gasteiger partial charge in [-0.15, -0.1) is 0 Å². The van der Waals surface area contributed by atoms with Crippen molar-refractivity contribution in [3.05, 3.63) is 86.2 Å². The molecule has 0 N–H and O–H groups in total. The molecule has 0 amide bonds. The zero-order valence-corrected chi connectivity index (χ0v) is 20.8. The fraction of sp³-hybridized carbons (Fsp3) is 0.346. The first-order valence-electron chi connectivity index (χ1n) is 11.5. The van der Waals surface area contributed by atoms with Gasteiger partial charge in [-0.3, -0.25) is 9.36 Å². The van der Waals surface area contributed by atoms with Gasteiger partial charge in [-0.1, -0.05) is 19.1 Å². The monoisotopic (exact) mass is 520 g/mol. The molecule has 0 radical (unpaired) electrons. The number of hydrogen-bond acceptors (Lipinski definition) is 6. The Morgan fingerprint density at radius 2 is 1.70 bits per heavy atom. The number of aryl methyl sites for hydroxylation is 1. The second-order valence-corrected chi connectivity index (χ2v) is 8.09. The zero-order valence-electron chi connectivity index (χ0n) is 20.8. The summed E-state index contributed by atoms with van der Waals surface area (Å²) in [5.74, 6) is 0.321. The van der Waals surface area contributed by atoms with E-state index < -0.39 is 35.2 Å². The lowest BCUT2D eigenvalue weighted by Gasteiger charge is -2.17. The Hall–Kier alpha value is -4.02. The Labute approximate surface area is 210 Å². The lowest BCUT2D eigenvalue weighted by atomic mass is 10.1. The van der Waals surface area contributed by atoms with Crippen molar-refractivity contribution in [2.24, 2.45) is 0 Å². The third-order valence-electron chi connectivity index (χ3n) is 5.67. The Kier molecular flexibility index (Phi) is 8.46. The average molecular weight is 521 g/mol. The number of alkyl halides is 3. The Balaban J connectivity index is 1.85. The van der Waals surface area contributed by atoms with Crippen LogP contribution in [0.2, 0.25) is 0 Å². The first kappa shape index (κ1) is 27.6. The average Bonchev–Trinajstić information content (AvgIpc) is 2.87. The minimum atomic E-state index is -4.84. The van der Waals surface area contributed by atoms with Crippen molar-refractivity contribution in [2.45, 2.75) is 52.6 Å². The summed E-state index contributed by atoms with van der Waals surface area (Å²) in [5, 5.41) is 0. The molecule has 1 aromatic heterocycles. The van der Waals surface area contributed by atoms with Gasteiger partial charge in [0.25, 0.3) is 5.56 Å². The van der Waals surface area contributed by atoms with E-state index in [0.717, 1.165) is 12.0 Å². The number of aromatic nitrogens is 2. The summed E-state index contributed by atoms with van der Waals surface area (Å²) in [4.78, 5) is 36.9. The van der Waals surface area contributed by atoms with E-state index in [4.69, 9.17) is 14.2 Å². The van der Waals surface area contributed by atoms with E-state index >= 15 is 0 Å². The van der Waals surface area contributed by atoms with Crippen LogP contribution in [0.3, 0.4) is 0 Å². The minimum absolute atomic E-state index is 0.0788. The van der Waals surface area contributed by atoms with Crippen LogP contribution in [0.25, 0.3) is 5.69 Å². The fourth-order valence-corrected chi connectivity index (χ4v) is 3.66. The Bertz CT molecular complexity index is 1380. The third kappa shape index (κ3) is 6.22. The number of halogens is 3. The molecule has 0 aliphatic rings. The number of ether oxygens (including phenoxy) is 3. The molecule has 0 fully saturated rings. The van der Waals surface area contributed by atoms with Crippen LogP contribution in [-0.2, 0) is 35.3 Å². The van der Waals surface area contributed by atoms with Crippen molar-refractivity contribution in [1.29, 1.82) is 0 Å². The Morgan fingerprint density at radius 3 is 2.27 bits per heavy atom. The van der Waals surface area contributed by atoms with Gasteiger partial charge in [0.15, 0.2) is 6.10 Å². The normalized spacial score (nSPS) is 12.2. The molecular weight excluding hydrogens is 493 g/mol. The van der Waals surface area contributed by atoms with E-state index in [0.29, 0.717) is 32.3 Å². The van der Waals surface area contributed by atoms with Crippen molar-refractivity contribution in [3.63, 3.8) is 0 Å². The van der Waals surface area contributed by atoms with Gasteiger partial charge in [0.2, 0.25) is 0 Å². The molecular formula is C26H27F3N2O6. The summed E-state index contributed by atoms with van der Waals surface area (Å²) in [7, 11) is 1.27. The molecule has 8 nitrogen and oxygen atoms in total. The first-order chi connectivity index (χ1) is 17.5. The fourth-order valence-electron chi connectivity index (χ4n) is 3.66. The van der Waals surface area contributed by atoms with Crippen LogP contribution in [0.4, 0.5) is 13.2 Å². The molecule has 0 aliphatic carbocycles. The van der Waals surface area contributed by atoms with E-state index in [1.54, 1.807) is 6.92 Å². The van der Waals surface area contributed by atoms with Gasteiger partial charge < -0.3 is 14.2 Å². The van der Waals surface area contributed by atoms with Crippen molar-refractivity contribution in [1.82, 2.24) is 9.13 Å². The summed E-state index contributed by atoms with van der Waals surface area (Å²) in [6.07, 6.45) is -4.91. The van der Waals surface area contributed by atoms with E-state index in [-0.39, 0.29) is 18.8 Å². The molecule has 0 unspecified atom stereocenters. The topological polar surface area (TPSA) is 88.8 Å². The number of hydrogen-bond donors (Lipinski definition) is 0. The molecule has 0 saturated carbocycles. The van der Waals surface area contributed by atoms with Crippen LogP contribution in [0.5, 0.6) is 11.5 Å². The number of esters is 1. The molecule has 3 rings (SSSR count). The lowest BCUT2D eigenvalue weighted by molar-refractivity contribution is -0.148. The van der Waals surface area contributed by atoms with Crippen molar-refractivity contribution >= 4 is 5.97 Å². The van der Waals surface area contributed by atoms with Crippen LogP contribution in [-0.4, -0.2) is 28.3 Å². The SMILES string of the molecule is CCc1ccc(COc2ccc(-n3c(=O)cc(C(F)(F)F)n(CC)c3=O)cc2)c(O[C@H](C)C(=O)OC)c1. The maximum atomic E-state index is 13.2. The largest absolute Gasteiger partial charge is 0.489 e. The number of methoxy groups -OCH3 is 1. The maximum Gasteiger partial charge on any atom is 0.431 e. The number of carbonyl (C=O) groups is 1. The third-order valence-corrected chi connectivity index (χ3v) is 5.67. The van der Waals surface area contributed by atoms with Gasteiger partial charge in [0.05, 0.1) is 12.8 Å². The highest BCUT2D eigenvalue weighted by Crippen LogP contribution is 2.28. The van der Waals surface area contributed by atoms with Gasteiger partial charge in [0.1, 0.15) is 23.8 Å². The molecule has 1 atom stereocenters. The van der Waals surface area contributed by atoms with Gasteiger partial charge in [-0.25, -0.2) is 14.2 Å². The number of benzene rings is 2. The predicted molar refractivity (Wildman–Crippen MR) is 129 cm³/mol. The highest BCUT2D eigenvalue weighted by molar-refractivity contribution is 5.74. The van der Waals surface area contributed by atoms with Gasteiger partial charge in [-0.05, 0) is 56.2 Å².